The minimum Gasteiger partial charge on any atom is -0.480 e. The van der Waals surface area contributed by atoms with Crippen LogP contribution in [0.3, 0.4) is 0 Å². The number of carboxylic acid groups (broad SMARTS) is 1. The lowest BCUT2D eigenvalue weighted by molar-refractivity contribution is -0.165. The fraction of sp³-hybridized carbons (Fsp3) is 0.756. The van der Waals surface area contributed by atoms with Crippen molar-refractivity contribution >= 4 is 70.3 Å². The number of hydrogen-bond donors (Lipinski definition) is 3. The first kappa shape index (κ1) is 57.6. The molecule has 5 amide bonds. The van der Waals surface area contributed by atoms with Gasteiger partial charge >= 0.3 is 23.9 Å². The van der Waals surface area contributed by atoms with Gasteiger partial charge in [0.05, 0.1) is 0 Å². The third-order valence-electron chi connectivity index (χ3n) is 7.89. The van der Waals surface area contributed by atoms with E-state index in [1.165, 1.54) is 0 Å². The molecule has 0 aromatic rings. The summed E-state index contributed by atoms with van der Waals surface area (Å²) in [6, 6.07) is -2.63. The molecule has 3 aliphatic heterocycles. The van der Waals surface area contributed by atoms with Gasteiger partial charge in [0.1, 0.15) is 41.0 Å². The predicted octanol–water partition coefficient (Wildman–Crippen LogP) is 4.33. The number of likely N-dealkylation sites (tertiary alicyclic amines) is 2. The summed E-state index contributed by atoms with van der Waals surface area (Å²) in [5, 5.41) is 11.0. The zero-order valence-corrected chi connectivity index (χ0v) is 38.6. The summed E-state index contributed by atoms with van der Waals surface area (Å²) in [7, 11) is 0. The number of hydrogen-bond acceptors (Lipinski definition) is 14. The van der Waals surface area contributed by atoms with Gasteiger partial charge in [0.15, 0.2) is 0 Å². The van der Waals surface area contributed by atoms with Crippen LogP contribution in [0.5, 0.6) is 0 Å². The Hall–Kier alpha value is -4.45. The zero-order chi connectivity index (χ0) is 47.5. The van der Waals surface area contributed by atoms with E-state index in [9.17, 15) is 47.9 Å². The normalized spacial score (nSPS) is 19.1. The second kappa shape index (κ2) is 26.0. The summed E-state index contributed by atoms with van der Waals surface area (Å²) in [5.41, 5.74) is 4.06. The Labute approximate surface area is 359 Å². The van der Waals surface area contributed by atoms with Crippen molar-refractivity contribution in [3.63, 3.8) is 0 Å². The molecule has 3 aliphatic rings. The van der Waals surface area contributed by atoms with Crippen LogP contribution in [-0.4, -0.2) is 115 Å². The quantitative estimate of drug-likeness (QED) is 0.174. The number of aliphatic carboxylic acids is 1. The standard InChI is InChI=1S/C12H19NO4.C9H15NO3.C9H19NO2.C8H11NO4.C3H5ClO/c1-5-9(14)13-8(6-7-10(13)15)11(16)17-12(2,3)4;1-9(2,3)13-8(12)6-4-5-7(11)10-6;1-6(2)7(10)8(11)12-9(3,4)5;1-2-6(10)9-5(8(12)13)3-4-7(9)11;1-2-3(4)5/h8H,5-7H2,1-4H3;6H,4-5H2,1-3H3,(H,10,11);6-7H,10H2,1-5H3;5H,2-4H2,1H3,(H,12,13);2H2,1H3/t;;7-;;/m..0../s1. The molecule has 3 unspecified atom stereocenters. The summed E-state index contributed by atoms with van der Waals surface area (Å²) in [6.45, 7) is 25.0. The molecule has 4 N–H and O–H groups in total. The van der Waals surface area contributed by atoms with Crippen LogP contribution < -0.4 is 11.1 Å². The molecule has 3 fully saturated rings. The lowest BCUT2D eigenvalue weighted by atomic mass is 10.1. The highest BCUT2D eigenvalue weighted by atomic mass is 35.5. The van der Waals surface area contributed by atoms with Crippen LogP contribution in [0.15, 0.2) is 0 Å². The summed E-state index contributed by atoms with van der Waals surface area (Å²) in [6.07, 6.45) is 2.76. The van der Waals surface area contributed by atoms with Crippen molar-refractivity contribution in [1.29, 1.82) is 0 Å². The Morgan fingerprint density at radius 1 is 0.683 bits per heavy atom. The largest absolute Gasteiger partial charge is 0.480 e. The SMILES string of the molecule is CC(C)(C)OC(=O)C1CCC(=O)N1.CC(C)[C@H](N)C(=O)OC(C)(C)C.CCC(=O)Cl.CCC(=O)N1C(=O)CCC1C(=O)O.CCC(=O)N1C(=O)CCC1C(=O)OC(C)(C)C. The van der Waals surface area contributed by atoms with Crippen molar-refractivity contribution in [2.24, 2.45) is 11.7 Å². The maximum atomic E-state index is 11.9. The summed E-state index contributed by atoms with van der Waals surface area (Å²) in [4.78, 5) is 113. The van der Waals surface area contributed by atoms with E-state index in [-0.39, 0.29) is 78.8 Å². The molecule has 18 nitrogen and oxygen atoms in total. The van der Waals surface area contributed by atoms with Gasteiger partial charge in [-0.1, -0.05) is 34.6 Å². The lowest BCUT2D eigenvalue weighted by Gasteiger charge is -2.26. The van der Waals surface area contributed by atoms with Crippen molar-refractivity contribution in [1.82, 2.24) is 15.1 Å². The van der Waals surface area contributed by atoms with E-state index in [0.717, 1.165) is 9.80 Å². The van der Waals surface area contributed by atoms with E-state index >= 15 is 0 Å². The van der Waals surface area contributed by atoms with E-state index in [4.69, 9.17) is 36.7 Å². The van der Waals surface area contributed by atoms with E-state index in [0.29, 0.717) is 25.7 Å². The van der Waals surface area contributed by atoms with Gasteiger partial charge in [0, 0.05) is 38.5 Å². The number of esters is 3. The Morgan fingerprint density at radius 3 is 1.38 bits per heavy atom. The van der Waals surface area contributed by atoms with E-state index < -0.39 is 58.8 Å². The number of halogens is 1. The number of ether oxygens (including phenoxy) is 3. The average Bonchev–Trinajstić information content (AvgIpc) is 3.84. The molecule has 3 rings (SSSR count). The first-order valence-electron chi connectivity index (χ1n) is 20.1. The van der Waals surface area contributed by atoms with Crippen molar-refractivity contribution in [2.45, 2.75) is 196 Å². The van der Waals surface area contributed by atoms with Crippen LogP contribution in [0.1, 0.15) is 155 Å². The van der Waals surface area contributed by atoms with Crippen molar-refractivity contribution in [2.75, 3.05) is 0 Å². The third kappa shape index (κ3) is 23.4. The van der Waals surface area contributed by atoms with Gasteiger partial charge in [0.25, 0.3) is 0 Å². The number of nitrogens with one attached hydrogen (secondary N) is 1. The summed E-state index contributed by atoms with van der Waals surface area (Å²) >= 11 is 4.82. The molecular formula is C41H69ClN4O14. The highest BCUT2D eigenvalue weighted by Gasteiger charge is 2.42. The van der Waals surface area contributed by atoms with E-state index in [2.05, 4.69) is 5.32 Å². The van der Waals surface area contributed by atoms with Crippen LogP contribution >= 0.6 is 11.6 Å². The predicted molar refractivity (Wildman–Crippen MR) is 221 cm³/mol. The first-order chi connectivity index (χ1) is 27.2. The highest BCUT2D eigenvalue weighted by molar-refractivity contribution is 6.63. The lowest BCUT2D eigenvalue weighted by Crippen LogP contribution is -2.45. The van der Waals surface area contributed by atoms with Crippen LogP contribution in [0.25, 0.3) is 0 Å². The third-order valence-corrected chi connectivity index (χ3v) is 8.16. The van der Waals surface area contributed by atoms with Crippen LogP contribution in [0.4, 0.5) is 0 Å². The molecule has 344 valence electrons. The van der Waals surface area contributed by atoms with Gasteiger partial charge in [-0.25, -0.2) is 14.4 Å². The maximum Gasteiger partial charge on any atom is 0.329 e. The van der Waals surface area contributed by atoms with Crippen molar-refractivity contribution in [3.8, 4) is 0 Å². The molecule has 0 spiro atoms. The number of nitrogens with zero attached hydrogens (tertiary/aromatic N) is 2. The number of carboxylic acids is 1. The fourth-order valence-electron chi connectivity index (χ4n) is 4.97. The van der Waals surface area contributed by atoms with Gasteiger partial charge in [0.2, 0.25) is 34.8 Å². The molecule has 4 atom stereocenters. The molecule has 60 heavy (non-hydrogen) atoms. The molecule has 3 saturated heterocycles. The van der Waals surface area contributed by atoms with E-state index in [1.807, 2.05) is 55.4 Å². The van der Waals surface area contributed by atoms with Gasteiger partial charge < -0.3 is 30.4 Å². The second-order valence-corrected chi connectivity index (χ2v) is 17.6. The van der Waals surface area contributed by atoms with Crippen LogP contribution in [0, 0.1) is 5.92 Å². The van der Waals surface area contributed by atoms with Crippen molar-refractivity contribution < 1.29 is 67.3 Å². The number of carbonyl (C=O) groups excluding carboxylic acids is 9. The molecule has 0 aromatic carbocycles. The molecule has 3 heterocycles. The van der Waals surface area contributed by atoms with Crippen LogP contribution in [-0.2, 0) is 62.2 Å². The zero-order valence-electron chi connectivity index (χ0n) is 37.9. The minimum absolute atomic E-state index is 0.0733. The minimum atomic E-state index is -1.10. The molecule has 0 aromatic heterocycles. The highest BCUT2D eigenvalue weighted by Crippen LogP contribution is 2.23. The second-order valence-electron chi connectivity index (χ2n) is 17.2. The summed E-state index contributed by atoms with van der Waals surface area (Å²) in [5.74, 6) is -3.59. The van der Waals surface area contributed by atoms with Gasteiger partial charge in [-0.15, -0.1) is 0 Å². The number of nitrogens with two attached hydrogens (primary N) is 1. The van der Waals surface area contributed by atoms with E-state index in [1.54, 1.807) is 41.5 Å². The summed E-state index contributed by atoms with van der Waals surface area (Å²) < 4.78 is 15.4. The number of amides is 5. The first-order valence-corrected chi connectivity index (χ1v) is 20.4. The molecule has 0 saturated carbocycles. The molecular weight excluding hydrogens is 808 g/mol. The number of carbonyl (C=O) groups is 10. The van der Waals surface area contributed by atoms with Gasteiger partial charge in [-0.05, 0) is 99.1 Å². The smallest absolute Gasteiger partial charge is 0.329 e. The molecule has 0 radical (unpaired) electrons. The van der Waals surface area contributed by atoms with Crippen LogP contribution in [0.2, 0.25) is 0 Å². The van der Waals surface area contributed by atoms with Gasteiger partial charge in [-0.3, -0.25) is 43.4 Å². The Balaban J connectivity index is 0. The number of rotatable bonds is 8. The fourth-order valence-corrected chi connectivity index (χ4v) is 4.97. The monoisotopic (exact) mass is 876 g/mol. The molecule has 0 bridgehead atoms. The van der Waals surface area contributed by atoms with Gasteiger partial charge in [-0.2, -0.15) is 0 Å². The molecule has 0 aliphatic carbocycles. The Kier molecular flexibility index (Phi) is 25.0. The number of imide groups is 2. The molecule has 19 heteroatoms. The maximum absolute atomic E-state index is 11.9. The Bertz CT molecular complexity index is 1530. The van der Waals surface area contributed by atoms with Crippen molar-refractivity contribution in [3.05, 3.63) is 0 Å². The topological polar surface area (TPSA) is 263 Å². The average molecular weight is 877 g/mol. The Morgan fingerprint density at radius 2 is 1.07 bits per heavy atom.